The molecule has 7 nitrogen and oxygen atoms in total. The van der Waals surface area contributed by atoms with Crippen LogP contribution in [0.15, 0.2) is 29.3 Å². The minimum Gasteiger partial charge on any atom is -0.338 e. The van der Waals surface area contributed by atoms with Crippen molar-refractivity contribution in [3.05, 3.63) is 46.4 Å². The summed E-state index contributed by atoms with van der Waals surface area (Å²) in [6.07, 6.45) is 2.37. The van der Waals surface area contributed by atoms with Crippen LogP contribution in [-0.4, -0.2) is 57.4 Å². The first kappa shape index (κ1) is 15.5. The Labute approximate surface area is 133 Å². The Morgan fingerprint density at radius 3 is 2.48 bits per heavy atom. The molecule has 0 aromatic carbocycles. The van der Waals surface area contributed by atoms with Gasteiger partial charge in [-0.2, -0.15) is 5.10 Å². The summed E-state index contributed by atoms with van der Waals surface area (Å²) in [7, 11) is 0. The van der Waals surface area contributed by atoms with E-state index >= 15 is 0 Å². The second-order valence-corrected chi connectivity index (χ2v) is 5.57. The number of aryl methyl sites for hydroxylation is 1. The summed E-state index contributed by atoms with van der Waals surface area (Å²) in [6, 6.07) is 3.27. The third-order valence-electron chi connectivity index (χ3n) is 3.89. The Hall–Kier alpha value is -2.35. The normalized spacial score (nSPS) is 15.8. The Kier molecular flexibility index (Phi) is 4.61. The predicted molar refractivity (Wildman–Crippen MR) is 83.9 cm³/mol. The van der Waals surface area contributed by atoms with Gasteiger partial charge in [-0.1, -0.05) is 0 Å². The molecule has 0 spiro atoms. The molecule has 0 aliphatic carbocycles. The number of piperazine rings is 1. The lowest BCUT2D eigenvalue weighted by Gasteiger charge is -2.34. The standard InChI is InChI=1S/C15H19FN6O/c1-12-2-3-14(23)22(19-12)9-6-20-4-7-21(8-5-20)15-17-10-13(16)11-18-15/h2-3,10-11H,4-9H2,1H3. The fourth-order valence-corrected chi connectivity index (χ4v) is 2.59. The van der Waals surface area contributed by atoms with Crippen molar-refractivity contribution < 1.29 is 4.39 Å². The maximum atomic E-state index is 12.9. The van der Waals surface area contributed by atoms with E-state index in [2.05, 4.69) is 20.0 Å². The van der Waals surface area contributed by atoms with E-state index in [0.29, 0.717) is 12.5 Å². The van der Waals surface area contributed by atoms with Gasteiger partial charge in [0.1, 0.15) is 0 Å². The number of rotatable bonds is 4. The van der Waals surface area contributed by atoms with Gasteiger partial charge in [-0.3, -0.25) is 9.69 Å². The highest BCUT2D eigenvalue weighted by Crippen LogP contribution is 2.10. The van der Waals surface area contributed by atoms with Gasteiger partial charge >= 0.3 is 0 Å². The Morgan fingerprint density at radius 1 is 1.09 bits per heavy atom. The van der Waals surface area contributed by atoms with Crippen molar-refractivity contribution in [2.75, 3.05) is 37.6 Å². The predicted octanol–water partition coefficient (Wildman–Crippen LogP) is 0.303. The number of hydrogen-bond acceptors (Lipinski definition) is 6. The van der Waals surface area contributed by atoms with Crippen LogP contribution in [0.3, 0.4) is 0 Å². The molecule has 0 unspecified atom stereocenters. The molecule has 3 rings (SSSR count). The second kappa shape index (κ2) is 6.82. The third-order valence-corrected chi connectivity index (χ3v) is 3.89. The van der Waals surface area contributed by atoms with Crippen LogP contribution < -0.4 is 10.5 Å². The van der Waals surface area contributed by atoms with Crippen molar-refractivity contribution in [1.82, 2.24) is 24.6 Å². The summed E-state index contributed by atoms with van der Waals surface area (Å²) in [5.74, 6) is 0.131. The van der Waals surface area contributed by atoms with E-state index in [4.69, 9.17) is 0 Å². The maximum absolute atomic E-state index is 12.9. The molecule has 1 saturated heterocycles. The van der Waals surface area contributed by atoms with Crippen molar-refractivity contribution >= 4 is 5.95 Å². The van der Waals surface area contributed by atoms with Crippen molar-refractivity contribution in [3.8, 4) is 0 Å². The van der Waals surface area contributed by atoms with Gasteiger partial charge in [0.2, 0.25) is 5.95 Å². The maximum Gasteiger partial charge on any atom is 0.266 e. The van der Waals surface area contributed by atoms with Gasteiger partial charge in [0.25, 0.3) is 5.56 Å². The van der Waals surface area contributed by atoms with Gasteiger partial charge in [0.15, 0.2) is 5.82 Å². The van der Waals surface area contributed by atoms with Crippen molar-refractivity contribution in [1.29, 1.82) is 0 Å². The monoisotopic (exact) mass is 318 g/mol. The molecule has 8 heteroatoms. The first-order chi connectivity index (χ1) is 11.1. The number of nitrogens with zero attached hydrogens (tertiary/aromatic N) is 6. The van der Waals surface area contributed by atoms with Crippen molar-refractivity contribution in [3.63, 3.8) is 0 Å². The van der Waals surface area contributed by atoms with Gasteiger partial charge in [0.05, 0.1) is 24.6 Å². The molecule has 0 amide bonds. The summed E-state index contributed by atoms with van der Waals surface area (Å²) < 4.78 is 14.4. The Bertz CT molecular complexity index is 709. The quantitative estimate of drug-likeness (QED) is 0.808. The van der Waals surface area contributed by atoms with Crippen LogP contribution in [-0.2, 0) is 6.54 Å². The fraction of sp³-hybridized carbons (Fsp3) is 0.467. The van der Waals surface area contributed by atoms with E-state index in [1.54, 1.807) is 12.1 Å². The van der Waals surface area contributed by atoms with E-state index in [9.17, 15) is 9.18 Å². The second-order valence-electron chi connectivity index (χ2n) is 5.57. The van der Waals surface area contributed by atoms with Gasteiger partial charge < -0.3 is 4.90 Å². The molecule has 0 atom stereocenters. The molecule has 122 valence electrons. The van der Waals surface area contributed by atoms with E-state index in [1.807, 2.05) is 11.8 Å². The first-order valence-electron chi connectivity index (χ1n) is 7.61. The zero-order chi connectivity index (χ0) is 16.2. The van der Waals surface area contributed by atoms with Gasteiger partial charge in [-0.15, -0.1) is 0 Å². The third kappa shape index (κ3) is 3.89. The minimum absolute atomic E-state index is 0.0750. The highest BCUT2D eigenvalue weighted by Gasteiger charge is 2.18. The Balaban J connectivity index is 1.52. The summed E-state index contributed by atoms with van der Waals surface area (Å²) >= 11 is 0. The molecule has 0 saturated carbocycles. The molecule has 0 N–H and O–H groups in total. The lowest BCUT2D eigenvalue weighted by molar-refractivity contribution is 0.241. The highest BCUT2D eigenvalue weighted by atomic mass is 19.1. The molecular weight excluding hydrogens is 299 g/mol. The van der Waals surface area contributed by atoms with Crippen LogP contribution in [0.4, 0.5) is 10.3 Å². The molecule has 1 aliphatic rings. The zero-order valence-corrected chi connectivity index (χ0v) is 13.0. The van der Waals surface area contributed by atoms with Crippen LogP contribution in [0.5, 0.6) is 0 Å². The average molecular weight is 318 g/mol. The molecule has 23 heavy (non-hydrogen) atoms. The molecule has 1 fully saturated rings. The number of hydrogen-bond donors (Lipinski definition) is 0. The smallest absolute Gasteiger partial charge is 0.266 e. The topological polar surface area (TPSA) is 67.2 Å². The molecule has 0 bridgehead atoms. The largest absolute Gasteiger partial charge is 0.338 e. The van der Waals surface area contributed by atoms with Gasteiger partial charge in [0, 0.05) is 38.8 Å². The van der Waals surface area contributed by atoms with Gasteiger partial charge in [-0.25, -0.2) is 19.0 Å². The lowest BCUT2D eigenvalue weighted by atomic mass is 10.3. The summed E-state index contributed by atoms with van der Waals surface area (Å²) in [5.41, 5.74) is 0.761. The van der Waals surface area contributed by atoms with E-state index < -0.39 is 5.82 Å². The van der Waals surface area contributed by atoms with E-state index in [0.717, 1.165) is 38.4 Å². The molecule has 0 radical (unpaired) electrons. The fourth-order valence-electron chi connectivity index (χ4n) is 2.59. The highest BCUT2D eigenvalue weighted by molar-refractivity contribution is 5.29. The molecule has 2 aromatic rings. The van der Waals surface area contributed by atoms with Crippen molar-refractivity contribution in [2.24, 2.45) is 0 Å². The van der Waals surface area contributed by atoms with Crippen LogP contribution in [0.2, 0.25) is 0 Å². The molecule has 3 heterocycles. The van der Waals surface area contributed by atoms with Crippen LogP contribution in [0.25, 0.3) is 0 Å². The molecule has 2 aromatic heterocycles. The summed E-state index contributed by atoms with van der Waals surface area (Å²) in [4.78, 5) is 24.1. The zero-order valence-electron chi connectivity index (χ0n) is 13.0. The van der Waals surface area contributed by atoms with Crippen LogP contribution in [0, 0.1) is 12.7 Å². The minimum atomic E-state index is -0.427. The number of halogens is 1. The summed E-state index contributed by atoms with van der Waals surface area (Å²) in [5, 5.41) is 4.24. The van der Waals surface area contributed by atoms with Crippen LogP contribution in [0.1, 0.15) is 5.69 Å². The first-order valence-corrected chi connectivity index (χ1v) is 7.61. The van der Waals surface area contributed by atoms with Crippen LogP contribution >= 0.6 is 0 Å². The number of anilines is 1. The Morgan fingerprint density at radius 2 is 1.78 bits per heavy atom. The summed E-state index contributed by atoms with van der Waals surface area (Å²) in [6.45, 7) is 6.48. The average Bonchev–Trinajstić information content (AvgIpc) is 2.57. The van der Waals surface area contributed by atoms with Gasteiger partial charge in [-0.05, 0) is 13.0 Å². The van der Waals surface area contributed by atoms with Crippen molar-refractivity contribution in [2.45, 2.75) is 13.5 Å². The molecule has 1 aliphatic heterocycles. The van der Waals surface area contributed by atoms with E-state index in [-0.39, 0.29) is 5.56 Å². The number of aromatic nitrogens is 4. The SMILES string of the molecule is Cc1ccc(=O)n(CCN2CCN(c3ncc(F)cn3)CC2)n1. The lowest BCUT2D eigenvalue weighted by Crippen LogP contribution is -2.48. The molecular formula is C15H19FN6O. The van der Waals surface area contributed by atoms with E-state index in [1.165, 1.54) is 17.1 Å².